The summed E-state index contributed by atoms with van der Waals surface area (Å²) < 4.78 is 0. The monoisotopic (exact) mass is 433 g/mol. The number of nitrogens with zero attached hydrogens (tertiary/aromatic N) is 2. The van der Waals surface area contributed by atoms with Crippen LogP contribution in [0, 0.1) is 0 Å². The molecule has 160 valence electrons. The van der Waals surface area contributed by atoms with Gasteiger partial charge in [-0.2, -0.15) is 0 Å². The zero-order chi connectivity index (χ0) is 21.6. The van der Waals surface area contributed by atoms with E-state index < -0.39 is 0 Å². The van der Waals surface area contributed by atoms with Gasteiger partial charge < -0.3 is 10.2 Å². The van der Waals surface area contributed by atoms with Crippen LogP contribution in [0.1, 0.15) is 35.7 Å². The Hall–Kier alpha value is -2.82. The fourth-order valence-corrected chi connectivity index (χ4v) is 4.35. The molecule has 1 heterocycles. The minimum atomic E-state index is -0.168. The summed E-state index contributed by atoms with van der Waals surface area (Å²) in [6.45, 7) is 5.27. The largest absolute Gasteiger partial charge is 0.327 e. The van der Waals surface area contributed by atoms with E-state index in [9.17, 15) is 4.79 Å². The number of amides is 2. The lowest BCUT2D eigenvalue weighted by molar-refractivity contribution is 0.113. The maximum atomic E-state index is 13.1. The summed E-state index contributed by atoms with van der Waals surface area (Å²) in [5.41, 5.74) is 3.36. The molecule has 1 atom stereocenters. The molecule has 1 aliphatic rings. The number of halogens is 1. The first-order chi connectivity index (χ1) is 15.1. The number of urea groups is 1. The Morgan fingerprint density at radius 3 is 1.90 bits per heavy atom. The van der Waals surface area contributed by atoms with Gasteiger partial charge in [0.2, 0.25) is 0 Å². The molecule has 0 bridgehead atoms. The predicted octanol–water partition coefficient (Wildman–Crippen LogP) is 5.52. The topological polar surface area (TPSA) is 35.6 Å². The fraction of sp³-hybridized carbons (Fsp3) is 0.269. The number of carbonyl (C=O) groups excluding carboxylic acids is 1. The van der Waals surface area contributed by atoms with Crippen molar-refractivity contribution in [3.8, 4) is 0 Å². The molecule has 1 aliphatic heterocycles. The van der Waals surface area contributed by atoms with Crippen molar-refractivity contribution in [2.75, 3.05) is 26.2 Å². The second-order valence-corrected chi connectivity index (χ2v) is 8.39. The van der Waals surface area contributed by atoms with Gasteiger partial charge in [0.05, 0.1) is 6.04 Å². The smallest absolute Gasteiger partial charge is 0.318 e. The van der Waals surface area contributed by atoms with E-state index in [0.29, 0.717) is 13.1 Å². The quantitative estimate of drug-likeness (QED) is 0.575. The molecule has 0 saturated carbocycles. The Bertz CT molecular complexity index is 948. The van der Waals surface area contributed by atoms with Gasteiger partial charge in [0, 0.05) is 37.2 Å². The first-order valence-electron chi connectivity index (χ1n) is 10.8. The molecule has 1 fully saturated rings. The summed E-state index contributed by atoms with van der Waals surface area (Å²) in [6, 6.07) is 28.4. The fourth-order valence-electron chi connectivity index (χ4n) is 4.15. The molecule has 5 heteroatoms. The number of hydrogen-bond donors (Lipinski definition) is 1. The normalized spacial score (nSPS) is 15.6. The van der Waals surface area contributed by atoms with Gasteiger partial charge in [-0.1, -0.05) is 84.4 Å². The minimum absolute atomic E-state index is 0.0206. The number of carbonyl (C=O) groups is 1. The highest BCUT2D eigenvalue weighted by Crippen LogP contribution is 2.25. The number of nitrogens with one attached hydrogen (secondary N) is 1. The van der Waals surface area contributed by atoms with E-state index >= 15 is 0 Å². The van der Waals surface area contributed by atoms with Crippen LogP contribution in [0.3, 0.4) is 0 Å². The second-order valence-electron chi connectivity index (χ2n) is 7.96. The Morgan fingerprint density at radius 2 is 1.35 bits per heavy atom. The van der Waals surface area contributed by atoms with Crippen LogP contribution in [0.4, 0.5) is 4.79 Å². The van der Waals surface area contributed by atoms with Crippen LogP contribution in [0.25, 0.3) is 0 Å². The third-order valence-electron chi connectivity index (χ3n) is 6.01. The lowest BCUT2D eigenvalue weighted by Crippen LogP contribution is -2.52. The Labute approximate surface area is 189 Å². The average molecular weight is 434 g/mol. The summed E-state index contributed by atoms with van der Waals surface area (Å²) in [5, 5.41) is 4.01. The van der Waals surface area contributed by atoms with Crippen LogP contribution in [-0.4, -0.2) is 42.0 Å². The summed E-state index contributed by atoms with van der Waals surface area (Å²) in [6.07, 6.45) is 0. The van der Waals surface area contributed by atoms with E-state index in [-0.39, 0.29) is 18.1 Å². The Kier molecular flexibility index (Phi) is 6.90. The van der Waals surface area contributed by atoms with Crippen LogP contribution in [0.2, 0.25) is 5.02 Å². The molecule has 4 nitrogen and oxygen atoms in total. The predicted molar refractivity (Wildman–Crippen MR) is 126 cm³/mol. The maximum Gasteiger partial charge on any atom is 0.318 e. The highest BCUT2D eigenvalue weighted by Gasteiger charge is 2.26. The highest BCUT2D eigenvalue weighted by atomic mass is 35.5. The molecular weight excluding hydrogens is 406 g/mol. The molecule has 3 aromatic rings. The number of piperazine rings is 1. The summed E-state index contributed by atoms with van der Waals surface area (Å²) in [5.74, 6) is 0. The van der Waals surface area contributed by atoms with Gasteiger partial charge in [0.1, 0.15) is 0 Å². The third kappa shape index (κ3) is 5.27. The Morgan fingerprint density at radius 1 is 0.806 bits per heavy atom. The second kappa shape index (κ2) is 9.99. The molecule has 1 saturated heterocycles. The molecule has 1 N–H and O–H groups in total. The maximum absolute atomic E-state index is 13.1. The number of hydrogen-bond acceptors (Lipinski definition) is 2. The van der Waals surface area contributed by atoms with Crippen molar-refractivity contribution >= 4 is 17.6 Å². The summed E-state index contributed by atoms with van der Waals surface area (Å²) >= 11 is 6.16. The molecule has 3 aromatic carbocycles. The highest BCUT2D eigenvalue weighted by molar-refractivity contribution is 6.30. The van der Waals surface area contributed by atoms with E-state index in [4.69, 9.17) is 11.6 Å². The van der Waals surface area contributed by atoms with E-state index in [0.717, 1.165) is 29.2 Å². The van der Waals surface area contributed by atoms with Crippen molar-refractivity contribution in [1.82, 2.24) is 15.1 Å². The van der Waals surface area contributed by atoms with Crippen molar-refractivity contribution in [1.29, 1.82) is 0 Å². The van der Waals surface area contributed by atoms with Gasteiger partial charge in [-0.25, -0.2) is 4.79 Å². The summed E-state index contributed by atoms with van der Waals surface area (Å²) in [7, 11) is 0. The molecule has 31 heavy (non-hydrogen) atoms. The van der Waals surface area contributed by atoms with Gasteiger partial charge in [-0.3, -0.25) is 4.90 Å². The van der Waals surface area contributed by atoms with Crippen molar-refractivity contribution in [3.05, 3.63) is 107 Å². The zero-order valence-electron chi connectivity index (χ0n) is 17.7. The first-order valence-corrected chi connectivity index (χ1v) is 11.1. The van der Waals surface area contributed by atoms with Gasteiger partial charge in [-0.05, 0) is 35.7 Å². The molecule has 0 aromatic heterocycles. The van der Waals surface area contributed by atoms with Crippen LogP contribution in [0.5, 0.6) is 0 Å². The minimum Gasteiger partial charge on any atom is -0.327 e. The van der Waals surface area contributed by atoms with E-state index in [2.05, 4.69) is 47.5 Å². The number of benzene rings is 3. The first kappa shape index (κ1) is 21.4. The van der Waals surface area contributed by atoms with Gasteiger partial charge in [0.25, 0.3) is 0 Å². The van der Waals surface area contributed by atoms with Gasteiger partial charge in [-0.15, -0.1) is 0 Å². The molecule has 1 unspecified atom stereocenters. The third-order valence-corrected chi connectivity index (χ3v) is 6.25. The van der Waals surface area contributed by atoms with Crippen LogP contribution in [-0.2, 0) is 0 Å². The Balaban J connectivity index is 1.40. The van der Waals surface area contributed by atoms with Crippen molar-refractivity contribution in [2.24, 2.45) is 0 Å². The van der Waals surface area contributed by atoms with Crippen LogP contribution in [0.15, 0.2) is 84.9 Å². The van der Waals surface area contributed by atoms with Crippen molar-refractivity contribution in [2.45, 2.75) is 19.0 Å². The van der Waals surface area contributed by atoms with Crippen LogP contribution >= 0.6 is 11.6 Å². The SMILES string of the molecule is CC(c1cccc(Cl)c1)N1CCN(C(=O)NC(c2ccccc2)c2ccccc2)CC1. The molecule has 0 aliphatic carbocycles. The van der Waals surface area contributed by atoms with Crippen molar-refractivity contribution < 1.29 is 4.79 Å². The van der Waals surface area contributed by atoms with Gasteiger partial charge in [0.15, 0.2) is 0 Å². The lowest BCUT2D eigenvalue weighted by atomic mass is 9.99. The van der Waals surface area contributed by atoms with Crippen molar-refractivity contribution in [3.63, 3.8) is 0 Å². The molecule has 4 rings (SSSR count). The molecule has 0 spiro atoms. The van der Waals surface area contributed by atoms with Crippen LogP contribution < -0.4 is 5.32 Å². The summed E-state index contributed by atoms with van der Waals surface area (Å²) in [4.78, 5) is 17.4. The van der Waals surface area contributed by atoms with Gasteiger partial charge >= 0.3 is 6.03 Å². The zero-order valence-corrected chi connectivity index (χ0v) is 18.5. The van der Waals surface area contributed by atoms with E-state index in [1.165, 1.54) is 5.56 Å². The average Bonchev–Trinajstić information content (AvgIpc) is 2.83. The number of rotatable bonds is 5. The van der Waals surface area contributed by atoms with E-state index in [1.807, 2.05) is 59.5 Å². The lowest BCUT2D eigenvalue weighted by Gasteiger charge is -2.38. The molecular formula is C26H28ClN3O. The molecule has 0 radical (unpaired) electrons. The van der Waals surface area contributed by atoms with E-state index in [1.54, 1.807) is 0 Å². The standard InChI is InChI=1S/C26H28ClN3O/c1-20(23-13-8-14-24(27)19-23)29-15-17-30(18-16-29)26(31)28-25(21-9-4-2-5-10-21)22-11-6-3-7-12-22/h2-14,19-20,25H,15-18H2,1H3,(H,28,31). The molecule has 2 amide bonds.